The van der Waals surface area contributed by atoms with E-state index in [1.165, 1.54) is 0 Å². The number of aromatic amines is 1. The van der Waals surface area contributed by atoms with Crippen LogP contribution in [0.1, 0.15) is 10.5 Å². The highest BCUT2D eigenvalue weighted by Crippen LogP contribution is 2.19. The van der Waals surface area contributed by atoms with Gasteiger partial charge in [0.25, 0.3) is 0 Å². The van der Waals surface area contributed by atoms with Crippen molar-refractivity contribution in [3.8, 4) is 0 Å². The maximum Gasteiger partial charge on any atom is 0.352 e. The Kier molecular flexibility index (Phi) is 2.40. The first-order valence-electron chi connectivity index (χ1n) is 4.24. The Morgan fingerprint density at radius 3 is 2.69 bits per heavy atom. The molecular formula is C10H5ClFNO3. The molecule has 2 rings (SSSR count). The molecule has 16 heavy (non-hydrogen) atoms. The Bertz CT molecular complexity index is 650. The molecule has 0 aliphatic rings. The fraction of sp³-hybridized carbons (Fsp3) is 0. The van der Waals surface area contributed by atoms with Crippen LogP contribution in [0, 0.1) is 5.82 Å². The van der Waals surface area contributed by atoms with E-state index in [0.29, 0.717) is 0 Å². The van der Waals surface area contributed by atoms with Gasteiger partial charge in [-0.15, -0.1) is 0 Å². The third-order valence-corrected chi connectivity index (χ3v) is 2.39. The number of hydrogen-bond donors (Lipinski definition) is 2. The molecular weight excluding hydrogens is 237 g/mol. The van der Waals surface area contributed by atoms with Gasteiger partial charge in [-0.05, 0) is 12.1 Å². The smallest absolute Gasteiger partial charge is 0.352 e. The summed E-state index contributed by atoms with van der Waals surface area (Å²) < 4.78 is 13.1. The molecule has 0 amide bonds. The van der Waals surface area contributed by atoms with Gasteiger partial charge in [0.2, 0.25) is 0 Å². The second kappa shape index (κ2) is 3.61. The van der Waals surface area contributed by atoms with E-state index in [9.17, 15) is 14.0 Å². The molecule has 0 aliphatic heterocycles. The standard InChI is InChI=1S/C10H5ClFNO3/c11-5-1-4-7(2-6(5)12)13-8(10(15)16)3-9(4)14/h1-3H,(H,13,14)(H,15,16). The predicted octanol–water partition coefficient (Wildman–Crippen LogP) is 2.02. The van der Waals surface area contributed by atoms with Gasteiger partial charge >= 0.3 is 5.97 Å². The van der Waals surface area contributed by atoms with Gasteiger partial charge in [0, 0.05) is 11.5 Å². The summed E-state index contributed by atoms with van der Waals surface area (Å²) in [6, 6.07) is 3.08. The number of carboxylic acid groups (broad SMARTS) is 1. The maximum atomic E-state index is 13.1. The van der Waals surface area contributed by atoms with E-state index < -0.39 is 17.2 Å². The Balaban J connectivity index is 2.88. The van der Waals surface area contributed by atoms with E-state index in [0.717, 1.165) is 18.2 Å². The van der Waals surface area contributed by atoms with E-state index in [2.05, 4.69) is 4.98 Å². The monoisotopic (exact) mass is 241 g/mol. The fourth-order valence-electron chi connectivity index (χ4n) is 1.36. The summed E-state index contributed by atoms with van der Waals surface area (Å²) in [4.78, 5) is 24.6. The lowest BCUT2D eigenvalue weighted by Gasteiger charge is -2.01. The van der Waals surface area contributed by atoms with Crippen LogP contribution >= 0.6 is 11.6 Å². The van der Waals surface area contributed by atoms with Crippen molar-refractivity contribution in [3.63, 3.8) is 0 Å². The number of pyridine rings is 1. The SMILES string of the molecule is O=C(O)c1cc(=O)c2cc(Cl)c(F)cc2[nH]1. The van der Waals surface area contributed by atoms with E-state index >= 15 is 0 Å². The molecule has 4 nitrogen and oxygen atoms in total. The van der Waals surface area contributed by atoms with Gasteiger partial charge in [-0.2, -0.15) is 0 Å². The first-order chi connectivity index (χ1) is 7.49. The Morgan fingerprint density at radius 2 is 2.06 bits per heavy atom. The fourth-order valence-corrected chi connectivity index (χ4v) is 1.52. The van der Waals surface area contributed by atoms with Gasteiger partial charge in [-0.1, -0.05) is 11.6 Å². The molecule has 1 heterocycles. The van der Waals surface area contributed by atoms with Crippen LogP contribution < -0.4 is 5.43 Å². The number of aromatic carboxylic acids is 1. The van der Waals surface area contributed by atoms with E-state index in [1.807, 2.05) is 0 Å². The molecule has 0 fully saturated rings. The van der Waals surface area contributed by atoms with Crippen LogP contribution in [0.4, 0.5) is 4.39 Å². The molecule has 0 radical (unpaired) electrons. The van der Waals surface area contributed by atoms with E-state index in [-0.39, 0.29) is 21.6 Å². The molecule has 1 aromatic carbocycles. The van der Waals surface area contributed by atoms with Crippen molar-refractivity contribution in [2.24, 2.45) is 0 Å². The molecule has 0 atom stereocenters. The second-order valence-corrected chi connectivity index (χ2v) is 3.57. The zero-order valence-corrected chi connectivity index (χ0v) is 8.51. The summed E-state index contributed by atoms with van der Waals surface area (Å²) in [5.74, 6) is -2.00. The van der Waals surface area contributed by atoms with Crippen LogP contribution in [0.3, 0.4) is 0 Å². The molecule has 2 aromatic rings. The van der Waals surface area contributed by atoms with Crippen LogP contribution in [0.5, 0.6) is 0 Å². The number of carbonyl (C=O) groups is 1. The van der Waals surface area contributed by atoms with E-state index in [1.54, 1.807) is 0 Å². The molecule has 0 aliphatic carbocycles. The van der Waals surface area contributed by atoms with Crippen LogP contribution in [-0.2, 0) is 0 Å². The largest absolute Gasteiger partial charge is 0.477 e. The van der Waals surface area contributed by atoms with Crippen molar-refractivity contribution >= 4 is 28.5 Å². The number of aromatic nitrogens is 1. The van der Waals surface area contributed by atoms with Gasteiger partial charge < -0.3 is 10.1 Å². The average molecular weight is 242 g/mol. The van der Waals surface area contributed by atoms with Crippen LogP contribution in [-0.4, -0.2) is 16.1 Å². The van der Waals surface area contributed by atoms with Crippen molar-refractivity contribution in [3.05, 3.63) is 45.0 Å². The summed E-state index contributed by atoms with van der Waals surface area (Å²) in [5.41, 5.74) is -0.709. The number of hydrogen-bond acceptors (Lipinski definition) is 2. The van der Waals surface area contributed by atoms with Crippen molar-refractivity contribution in [1.29, 1.82) is 0 Å². The van der Waals surface area contributed by atoms with Crippen molar-refractivity contribution in [1.82, 2.24) is 4.98 Å². The quantitative estimate of drug-likeness (QED) is 0.802. The molecule has 0 spiro atoms. The number of carboxylic acids is 1. The number of rotatable bonds is 1. The molecule has 0 bridgehead atoms. The van der Waals surface area contributed by atoms with Crippen molar-refractivity contribution in [2.45, 2.75) is 0 Å². The lowest BCUT2D eigenvalue weighted by atomic mass is 10.2. The summed E-state index contributed by atoms with van der Waals surface area (Å²) in [5, 5.41) is 8.67. The molecule has 0 saturated carbocycles. The number of nitrogens with one attached hydrogen (secondary N) is 1. The summed E-state index contributed by atoms with van der Waals surface area (Å²) in [6.45, 7) is 0. The third-order valence-electron chi connectivity index (χ3n) is 2.10. The topological polar surface area (TPSA) is 70.2 Å². The van der Waals surface area contributed by atoms with Gasteiger partial charge in [-0.25, -0.2) is 9.18 Å². The Hall–Kier alpha value is -1.88. The first-order valence-corrected chi connectivity index (χ1v) is 4.62. The minimum absolute atomic E-state index is 0.104. The zero-order chi connectivity index (χ0) is 11.9. The lowest BCUT2D eigenvalue weighted by molar-refractivity contribution is 0.0691. The van der Waals surface area contributed by atoms with Gasteiger partial charge in [-0.3, -0.25) is 4.79 Å². The average Bonchev–Trinajstić information content (AvgIpc) is 2.20. The highest BCUT2D eigenvalue weighted by Gasteiger charge is 2.10. The second-order valence-electron chi connectivity index (χ2n) is 3.16. The number of fused-ring (bicyclic) bond motifs is 1. The summed E-state index contributed by atoms with van der Waals surface area (Å²) in [6.07, 6.45) is 0. The molecule has 1 aromatic heterocycles. The van der Waals surface area contributed by atoms with Crippen LogP contribution in [0.25, 0.3) is 10.9 Å². The first kappa shape index (κ1) is 10.6. The number of H-pyrrole nitrogens is 1. The van der Waals surface area contributed by atoms with Gasteiger partial charge in [0.15, 0.2) is 5.43 Å². The number of halogens is 2. The van der Waals surface area contributed by atoms with E-state index in [4.69, 9.17) is 16.7 Å². The minimum atomic E-state index is -1.28. The third kappa shape index (κ3) is 1.65. The predicted molar refractivity (Wildman–Crippen MR) is 56.5 cm³/mol. The Morgan fingerprint density at radius 1 is 1.38 bits per heavy atom. The molecule has 2 N–H and O–H groups in total. The highest BCUT2D eigenvalue weighted by atomic mass is 35.5. The van der Waals surface area contributed by atoms with Crippen LogP contribution in [0.2, 0.25) is 5.02 Å². The number of benzene rings is 1. The normalized spacial score (nSPS) is 10.6. The van der Waals surface area contributed by atoms with Gasteiger partial charge in [0.1, 0.15) is 11.5 Å². The molecule has 0 saturated heterocycles. The lowest BCUT2D eigenvalue weighted by Crippen LogP contribution is -2.09. The highest BCUT2D eigenvalue weighted by molar-refractivity contribution is 6.31. The molecule has 0 unspecified atom stereocenters. The van der Waals surface area contributed by atoms with Crippen molar-refractivity contribution in [2.75, 3.05) is 0 Å². The van der Waals surface area contributed by atoms with Gasteiger partial charge in [0.05, 0.1) is 10.5 Å². The summed E-state index contributed by atoms with van der Waals surface area (Å²) >= 11 is 5.52. The Labute approximate surface area is 93.3 Å². The molecule has 82 valence electrons. The molecule has 6 heteroatoms. The maximum absolute atomic E-state index is 13.1. The summed E-state index contributed by atoms with van der Waals surface area (Å²) in [7, 11) is 0. The zero-order valence-electron chi connectivity index (χ0n) is 7.75. The van der Waals surface area contributed by atoms with Crippen LogP contribution in [0.15, 0.2) is 23.0 Å². The van der Waals surface area contributed by atoms with Crippen molar-refractivity contribution < 1.29 is 14.3 Å². The minimum Gasteiger partial charge on any atom is -0.477 e.